The molecule has 4 rings (SSSR count). The second kappa shape index (κ2) is 5.28. The Hall–Kier alpha value is -3.08. The van der Waals surface area contributed by atoms with Crippen LogP contribution in [0.5, 0.6) is 0 Å². The highest BCUT2D eigenvalue weighted by atomic mass is 19.1. The van der Waals surface area contributed by atoms with Crippen LogP contribution in [0.2, 0.25) is 0 Å². The van der Waals surface area contributed by atoms with Crippen LogP contribution in [0.1, 0.15) is 0 Å². The Morgan fingerprint density at radius 3 is 2.65 bits per heavy atom. The van der Waals surface area contributed by atoms with Gasteiger partial charge in [-0.05, 0) is 29.8 Å². The number of nitrogens with zero attached hydrogens (tertiary/aromatic N) is 4. The van der Waals surface area contributed by atoms with Gasteiger partial charge in [-0.1, -0.05) is 18.2 Å². The highest BCUT2D eigenvalue weighted by Crippen LogP contribution is 2.33. The van der Waals surface area contributed by atoms with Crippen LogP contribution >= 0.6 is 0 Å². The first-order valence-corrected chi connectivity index (χ1v) is 7.22. The van der Waals surface area contributed by atoms with E-state index in [2.05, 4.69) is 15.1 Å². The molecular weight excluding hydrogens is 291 g/mol. The highest BCUT2D eigenvalue weighted by Gasteiger charge is 2.15. The average Bonchev–Trinajstić information content (AvgIpc) is 2.96. The summed E-state index contributed by atoms with van der Waals surface area (Å²) in [5, 5.41) is 5.55. The van der Waals surface area contributed by atoms with Crippen LogP contribution in [0.15, 0.2) is 61.1 Å². The molecule has 0 aliphatic heterocycles. The van der Waals surface area contributed by atoms with Gasteiger partial charge in [0.1, 0.15) is 11.5 Å². The Bertz CT molecular complexity index is 984. The van der Waals surface area contributed by atoms with Gasteiger partial charge in [0, 0.05) is 30.4 Å². The Labute approximate surface area is 132 Å². The van der Waals surface area contributed by atoms with Gasteiger partial charge in [0.15, 0.2) is 0 Å². The second-order valence-corrected chi connectivity index (χ2v) is 5.30. The molecule has 0 saturated heterocycles. The smallest absolute Gasteiger partial charge is 0.141 e. The standard InChI is InChI=1S/C18H13FN4/c1-23-11-15(18(22-23)17-7-6-12(19)10-21-17)13-8-9-20-16-5-3-2-4-14(13)16/h2-11H,1H3. The van der Waals surface area contributed by atoms with Crippen molar-refractivity contribution in [3.63, 3.8) is 0 Å². The monoisotopic (exact) mass is 304 g/mol. The SMILES string of the molecule is Cn1cc(-c2ccnc3ccccc23)c(-c2ccc(F)cn2)n1. The summed E-state index contributed by atoms with van der Waals surface area (Å²) in [4.78, 5) is 8.56. The minimum Gasteiger partial charge on any atom is -0.274 e. The minimum absolute atomic E-state index is 0.361. The summed E-state index contributed by atoms with van der Waals surface area (Å²) in [6.45, 7) is 0. The summed E-state index contributed by atoms with van der Waals surface area (Å²) < 4.78 is 14.9. The molecule has 0 spiro atoms. The van der Waals surface area contributed by atoms with Gasteiger partial charge in [-0.2, -0.15) is 5.10 Å². The molecule has 0 N–H and O–H groups in total. The molecule has 0 atom stereocenters. The van der Waals surface area contributed by atoms with Crippen molar-refractivity contribution in [2.24, 2.45) is 7.05 Å². The molecule has 0 fully saturated rings. The van der Waals surface area contributed by atoms with Gasteiger partial charge in [-0.15, -0.1) is 0 Å². The van der Waals surface area contributed by atoms with Crippen LogP contribution in [0, 0.1) is 5.82 Å². The summed E-state index contributed by atoms with van der Waals surface area (Å²) in [5.74, 6) is -0.361. The molecule has 0 saturated carbocycles. The Morgan fingerprint density at radius 2 is 1.83 bits per heavy atom. The lowest BCUT2D eigenvalue weighted by Gasteiger charge is -2.06. The van der Waals surface area contributed by atoms with Crippen molar-refractivity contribution >= 4 is 10.9 Å². The van der Waals surface area contributed by atoms with Gasteiger partial charge in [0.05, 0.1) is 17.4 Å². The molecule has 0 aliphatic carbocycles. The van der Waals surface area contributed by atoms with Gasteiger partial charge in [-0.3, -0.25) is 14.6 Å². The van der Waals surface area contributed by atoms with Crippen LogP contribution in [0.3, 0.4) is 0 Å². The fourth-order valence-corrected chi connectivity index (χ4v) is 2.72. The molecule has 0 unspecified atom stereocenters. The zero-order chi connectivity index (χ0) is 15.8. The molecular formula is C18H13FN4. The molecule has 23 heavy (non-hydrogen) atoms. The second-order valence-electron chi connectivity index (χ2n) is 5.30. The topological polar surface area (TPSA) is 43.6 Å². The van der Waals surface area contributed by atoms with Gasteiger partial charge in [0.2, 0.25) is 0 Å². The van der Waals surface area contributed by atoms with Crippen molar-refractivity contribution < 1.29 is 4.39 Å². The molecule has 3 heterocycles. The maximum atomic E-state index is 13.1. The number of para-hydroxylation sites is 1. The lowest BCUT2D eigenvalue weighted by molar-refractivity contribution is 0.621. The van der Waals surface area contributed by atoms with Gasteiger partial charge in [0.25, 0.3) is 0 Å². The van der Waals surface area contributed by atoms with Crippen LogP contribution in [-0.2, 0) is 7.05 Å². The van der Waals surface area contributed by atoms with Crippen molar-refractivity contribution in [1.29, 1.82) is 0 Å². The summed E-state index contributed by atoms with van der Waals surface area (Å²) in [7, 11) is 1.86. The van der Waals surface area contributed by atoms with E-state index in [-0.39, 0.29) is 5.82 Å². The Balaban J connectivity index is 1.97. The predicted molar refractivity (Wildman–Crippen MR) is 87.1 cm³/mol. The number of pyridine rings is 2. The molecule has 0 bridgehead atoms. The molecule has 0 radical (unpaired) electrons. The number of halogens is 1. The quantitative estimate of drug-likeness (QED) is 0.565. The molecule has 4 aromatic rings. The maximum absolute atomic E-state index is 13.1. The Morgan fingerprint density at radius 1 is 0.957 bits per heavy atom. The first kappa shape index (κ1) is 13.6. The number of aryl methyl sites for hydroxylation is 1. The van der Waals surface area contributed by atoms with Crippen LogP contribution in [0.25, 0.3) is 33.4 Å². The number of benzene rings is 1. The van der Waals surface area contributed by atoms with Gasteiger partial charge < -0.3 is 0 Å². The third-order valence-electron chi connectivity index (χ3n) is 3.74. The summed E-state index contributed by atoms with van der Waals surface area (Å²) >= 11 is 0. The first-order chi connectivity index (χ1) is 11.2. The van der Waals surface area contributed by atoms with E-state index in [0.29, 0.717) is 5.69 Å². The van der Waals surface area contributed by atoms with E-state index in [4.69, 9.17) is 0 Å². The number of hydrogen-bond acceptors (Lipinski definition) is 3. The van der Waals surface area contributed by atoms with E-state index in [9.17, 15) is 4.39 Å². The highest BCUT2D eigenvalue weighted by molar-refractivity contribution is 5.97. The van der Waals surface area contributed by atoms with Crippen LogP contribution < -0.4 is 0 Å². The molecule has 0 aliphatic rings. The maximum Gasteiger partial charge on any atom is 0.141 e. The third kappa shape index (κ3) is 2.36. The minimum atomic E-state index is -0.361. The van der Waals surface area contributed by atoms with Crippen LogP contribution in [-0.4, -0.2) is 19.7 Å². The van der Waals surface area contributed by atoms with Crippen LogP contribution in [0.4, 0.5) is 4.39 Å². The predicted octanol–water partition coefficient (Wildman–Crippen LogP) is 3.84. The summed E-state index contributed by atoms with van der Waals surface area (Å²) in [6.07, 6.45) is 4.94. The third-order valence-corrected chi connectivity index (χ3v) is 3.74. The lowest BCUT2D eigenvalue weighted by atomic mass is 10.0. The van der Waals surface area contributed by atoms with Crippen molar-refractivity contribution in [3.8, 4) is 22.5 Å². The number of hydrogen-bond donors (Lipinski definition) is 0. The van der Waals surface area contributed by atoms with E-state index in [1.807, 2.05) is 43.6 Å². The molecule has 1 aromatic carbocycles. The van der Waals surface area contributed by atoms with Gasteiger partial charge >= 0.3 is 0 Å². The van der Waals surface area contributed by atoms with Crippen molar-refractivity contribution in [2.45, 2.75) is 0 Å². The van der Waals surface area contributed by atoms with E-state index in [1.54, 1.807) is 16.9 Å². The van der Waals surface area contributed by atoms with E-state index >= 15 is 0 Å². The molecule has 112 valence electrons. The molecule has 4 nitrogen and oxygen atoms in total. The Kier molecular flexibility index (Phi) is 3.12. The lowest BCUT2D eigenvalue weighted by Crippen LogP contribution is -1.90. The number of aromatic nitrogens is 4. The molecule has 3 aromatic heterocycles. The van der Waals surface area contributed by atoms with E-state index in [0.717, 1.165) is 27.7 Å². The number of rotatable bonds is 2. The van der Waals surface area contributed by atoms with Crippen molar-refractivity contribution in [3.05, 3.63) is 66.9 Å². The summed E-state index contributed by atoms with van der Waals surface area (Å²) in [5.41, 5.74) is 4.27. The van der Waals surface area contributed by atoms with E-state index in [1.165, 1.54) is 12.3 Å². The zero-order valence-electron chi connectivity index (χ0n) is 12.4. The van der Waals surface area contributed by atoms with E-state index < -0.39 is 0 Å². The van der Waals surface area contributed by atoms with Gasteiger partial charge in [-0.25, -0.2) is 4.39 Å². The normalized spacial score (nSPS) is 11.0. The average molecular weight is 304 g/mol. The largest absolute Gasteiger partial charge is 0.274 e. The molecule has 5 heteroatoms. The summed E-state index contributed by atoms with van der Waals surface area (Å²) in [6, 6.07) is 13.0. The fourth-order valence-electron chi connectivity index (χ4n) is 2.72. The molecule has 0 amide bonds. The first-order valence-electron chi connectivity index (χ1n) is 7.22. The van der Waals surface area contributed by atoms with Crippen molar-refractivity contribution in [2.75, 3.05) is 0 Å². The zero-order valence-corrected chi connectivity index (χ0v) is 12.4. The fraction of sp³-hybridized carbons (Fsp3) is 0.0556. The number of fused-ring (bicyclic) bond motifs is 1. The van der Waals surface area contributed by atoms with Crippen molar-refractivity contribution in [1.82, 2.24) is 19.7 Å².